The molecule has 0 aliphatic carbocycles. The van der Waals surface area contributed by atoms with Crippen LogP contribution in [0.1, 0.15) is 13.8 Å². The molecule has 0 aliphatic heterocycles. The molecule has 3 aromatic rings. The van der Waals surface area contributed by atoms with Gasteiger partial charge in [0.25, 0.3) is 5.91 Å². The molecule has 0 saturated carbocycles. The number of sulfone groups is 1. The molecule has 1 N–H and O–H groups in total. The van der Waals surface area contributed by atoms with Crippen LogP contribution in [0, 0.1) is 5.82 Å². The number of hydrogen-bond donors (Lipinski definition) is 1. The van der Waals surface area contributed by atoms with Crippen LogP contribution in [0.3, 0.4) is 0 Å². The maximum absolute atomic E-state index is 12.8. The maximum atomic E-state index is 12.8. The van der Waals surface area contributed by atoms with Gasteiger partial charge >= 0.3 is 6.01 Å². The van der Waals surface area contributed by atoms with Gasteiger partial charge in [-0.2, -0.15) is 0 Å². The quantitative estimate of drug-likeness (QED) is 0.626. The topological polar surface area (TPSA) is 111 Å². The lowest BCUT2D eigenvalue weighted by Gasteiger charge is -2.08. The minimum absolute atomic E-state index is 0.0561. The summed E-state index contributed by atoms with van der Waals surface area (Å²) in [5, 5.41) is 9.36. The monoisotopic (exact) mass is 419 g/mol. The first-order valence-corrected chi connectivity index (χ1v) is 10.2. The lowest BCUT2D eigenvalue weighted by molar-refractivity contribution is -0.118. The van der Waals surface area contributed by atoms with Crippen molar-refractivity contribution >= 4 is 21.8 Å². The molecule has 1 amide bonds. The second-order valence-corrected chi connectivity index (χ2v) is 8.83. The van der Waals surface area contributed by atoms with Crippen molar-refractivity contribution in [1.82, 2.24) is 10.2 Å². The standard InChI is InChI=1S/C19H18FN3O5S/c1-12(2)29(25,26)16-5-3-4-13(10-16)18-22-23-19(28-18)21-17(24)11-27-15-8-6-14(20)7-9-15/h3-10,12H,11H2,1-2H3,(H,21,23,24). The van der Waals surface area contributed by atoms with Crippen molar-refractivity contribution in [1.29, 1.82) is 0 Å². The molecule has 0 radical (unpaired) electrons. The lowest BCUT2D eigenvalue weighted by Crippen LogP contribution is -2.20. The Bertz CT molecular complexity index is 1110. The molecular formula is C19H18FN3O5S. The van der Waals surface area contributed by atoms with Gasteiger partial charge in [-0.05, 0) is 56.3 Å². The van der Waals surface area contributed by atoms with Crippen molar-refractivity contribution in [3.63, 3.8) is 0 Å². The van der Waals surface area contributed by atoms with Crippen molar-refractivity contribution in [3.8, 4) is 17.2 Å². The molecule has 1 heterocycles. The van der Waals surface area contributed by atoms with Gasteiger partial charge in [-0.3, -0.25) is 10.1 Å². The molecule has 8 nitrogen and oxygen atoms in total. The van der Waals surface area contributed by atoms with E-state index in [1.807, 2.05) is 0 Å². The van der Waals surface area contributed by atoms with E-state index in [9.17, 15) is 17.6 Å². The zero-order chi connectivity index (χ0) is 21.0. The minimum atomic E-state index is -3.46. The van der Waals surface area contributed by atoms with E-state index in [0.717, 1.165) is 0 Å². The van der Waals surface area contributed by atoms with Crippen LogP contribution in [0.4, 0.5) is 10.4 Å². The largest absolute Gasteiger partial charge is 0.484 e. The third-order valence-corrected chi connectivity index (χ3v) is 6.04. The van der Waals surface area contributed by atoms with Gasteiger partial charge in [0.1, 0.15) is 11.6 Å². The van der Waals surface area contributed by atoms with Crippen molar-refractivity contribution in [2.75, 3.05) is 11.9 Å². The zero-order valence-electron chi connectivity index (χ0n) is 15.6. The predicted molar refractivity (Wildman–Crippen MR) is 103 cm³/mol. The van der Waals surface area contributed by atoms with Crippen LogP contribution in [0.15, 0.2) is 57.8 Å². The summed E-state index contributed by atoms with van der Waals surface area (Å²) in [5.41, 5.74) is 0.405. The summed E-state index contributed by atoms with van der Waals surface area (Å²) in [6.45, 7) is 2.85. The van der Waals surface area contributed by atoms with E-state index in [0.29, 0.717) is 11.3 Å². The number of nitrogens with zero attached hydrogens (tertiary/aromatic N) is 2. The number of amides is 1. The van der Waals surface area contributed by atoms with Gasteiger partial charge in [-0.1, -0.05) is 11.2 Å². The van der Waals surface area contributed by atoms with Gasteiger partial charge in [-0.25, -0.2) is 12.8 Å². The molecule has 0 aliphatic rings. The Labute approximate surface area is 166 Å². The van der Waals surface area contributed by atoms with Crippen LogP contribution in [0.5, 0.6) is 5.75 Å². The Morgan fingerprint density at radius 3 is 2.59 bits per heavy atom. The SMILES string of the molecule is CC(C)S(=O)(=O)c1cccc(-c2nnc(NC(=O)COc3ccc(F)cc3)o2)c1. The summed E-state index contributed by atoms with van der Waals surface area (Å²) in [6.07, 6.45) is 0. The van der Waals surface area contributed by atoms with Crippen LogP contribution in [0.25, 0.3) is 11.5 Å². The fourth-order valence-corrected chi connectivity index (χ4v) is 3.41. The van der Waals surface area contributed by atoms with E-state index in [1.165, 1.54) is 36.4 Å². The molecule has 0 saturated heterocycles. The molecule has 0 atom stereocenters. The van der Waals surface area contributed by atoms with E-state index in [1.54, 1.807) is 26.0 Å². The van der Waals surface area contributed by atoms with Crippen LogP contribution < -0.4 is 10.1 Å². The molecule has 0 unspecified atom stereocenters. The predicted octanol–water partition coefficient (Wildman–Crippen LogP) is 3.08. The number of anilines is 1. The Kier molecular flexibility index (Phi) is 5.92. The third kappa shape index (κ3) is 4.96. The maximum Gasteiger partial charge on any atom is 0.322 e. The lowest BCUT2D eigenvalue weighted by atomic mass is 10.2. The molecule has 29 heavy (non-hydrogen) atoms. The molecule has 3 rings (SSSR count). The highest BCUT2D eigenvalue weighted by atomic mass is 32.2. The highest BCUT2D eigenvalue weighted by Crippen LogP contribution is 2.24. The molecule has 1 aromatic heterocycles. The number of carbonyl (C=O) groups is 1. The van der Waals surface area contributed by atoms with Crippen LogP contribution >= 0.6 is 0 Å². The van der Waals surface area contributed by atoms with Gasteiger partial charge < -0.3 is 9.15 Å². The van der Waals surface area contributed by atoms with Crippen molar-refractivity contribution in [2.24, 2.45) is 0 Å². The van der Waals surface area contributed by atoms with E-state index < -0.39 is 26.8 Å². The fourth-order valence-electron chi connectivity index (χ4n) is 2.30. The van der Waals surface area contributed by atoms with E-state index in [4.69, 9.17) is 9.15 Å². The number of hydrogen-bond acceptors (Lipinski definition) is 7. The first kappa shape index (κ1) is 20.5. The van der Waals surface area contributed by atoms with Crippen molar-refractivity contribution < 1.29 is 26.8 Å². The summed E-state index contributed by atoms with van der Waals surface area (Å²) < 4.78 is 48.1. The Balaban J connectivity index is 1.66. The summed E-state index contributed by atoms with van der Waals surface area (Å²) in [4.78, 5) is 12.1. The number of ether oxygens (including phenoxy) is 1. The van der Waals surface area contributed by atoms with Gasteiger partial charge in [-0.15, -0.1) is 5.10 Å². The number of carbonyl (C=O) groups excluding carboxylic acids is 1. The van der Waals surface area contributed by atoms with E-state index in [-0.39, 0.29) is 23.4 Å². The molecule has 0 fully saturated rings. The normalized spacial score (nSPS) is 11.4. The average molecular weight is 419 g/mol. The summed E-state index contributed by atoms with van der Waals surface area (Å²) in [5.74, 6) is -0.581. The van der Waals surface area contributed by atoms with Gasteiger partial charge in [0.05, 0.1) is 10.1 Å². The second kappa shape index (κ2) is 8.39. The highest BCUT2D eigenvalue weighted by Gasteiger charge is 2.20. The Hall–Kier alpha value is -3.27. The van der Waals surface area contributed by atoms with E-state index in [2.05, 4.69) is 15.5 Å². The molecule has 2 aromatic carbocycles. The Morgan fingerprint density at radius 1 is 1.17 bits per heavy atom. The van der Waals surface area contributed by atoms with Crippen LogP contribution in [-0.2, 0) is 14.6 Å². The number of aromatic nitrogens is 2. The number of benzene rings is 2. The first-order valence-electron chi connectivity index (χ1n) is 8.62. The molecule has 10 heteroatoms. The minimum Gasteiger partial charge on any atom is -0.484 e. The third-order valence-electron chi connectivity index (χ3n) is 3.89. The molecular weight excluding hydrogens is 401 g/mol. The van der Waals surface area contributed by atoms with Crippen molar-refractivity contribution in [2.45, 2.75) is 24.0 Å². The molecule has 0 spiro atoms. The fraction of sp³-hybridized carbons (Fsp3) is 0.211. The van der Waals surface area contributed by atoms with Crippen molar-refractivity contribution in [3.05, 3.63) is 54.3 Å². The highest BCUT2D eigenvalue weighted by molar-refractivity contribution is 7.92. The average Bonchev–Trinajstić information content (AvgIpc) is 3.16. The number of rotatable bonds is 7. The van der Waals surface area contributed by atoms with Crippen LogP contribution in [-0.4, -0.2) is 36.4 Å². The first-order chi connectivity index (χ1) is 13.8. The molecule has 0 bridgehead atoms. The smallest absolute Gasteiger partial charge is 0.322 e. The Morgan fingerprint density at radius 2 is 1.90 bits per heavy atom. The summed E-state index contributed by atoms with van der Waals surface area (Å²) >= 11 is 0. The number of halogens is 1. The van der Waals surface area contributed by atoms with Gasteiger partial charge in [0.2, 0.25) is 5.89 Å². The summed E-state index contributed by atoms with van der Waals surface area (Å²) in [7, 11) is -3.46. The van der Waals surface area contributed by atoms with Gasteiger partial charge in [0, 0.05) is 5.56 Å². The second-order valence-electron chi connectivity index (χ2n) is 6.32. The number of nitrogens with one attached hydrogen (secondary N) is 1. The zero-order valence-corrected chi connectivity index (χ0v) is 16.4. The molecule has 152 valence electrons. The van der Waals surface area contributed by atoms with Gasteiger partial charge in [0.15, 0.2) is 16.4 Å². The van der Waals surface area contributed by atoms with E-state index >= 15 is 0 Å². The van der Waals surface area contributed by atoms with Crippen LogP contribution in [0.2, 0.25) is 0 Å². The summed E-state index contributed by atoms with van der Waals surface area (Å²) in [6, 6.07) is 11.2.